The first-order chi connectivity index (χ1) is 8.46. The van der Waals surface area contributed by atoms with Crippen LogP contribution in [-0.2, 0) is 19.4 Å². The van der Waals surface area contributed by atoms with E-state index in [0.717, 1.165) is 12.8 Å². The van der Waals surface area contributed by atoms with E-state index in [4.69, 9.17) is 11.6 Å². The van der Waals surface area contributed by atoms with Crippen molar-refractivity contribution in [2.75, 3.05) is 7.11 Å². The van der Waals surface area contributed by atoms with Crippen LogP contribution in [0.25, 0.3) is 0 Å². The van der Waals surface area contributed by atoms with Gasteiger partial charge in [0.05, 0.1) is 12.0 Å². The molecule has 0 saturated heterocycles. The molecule has 0 aromatic heterocycles. The predicted octanol–water partition coefficient (Wildman–Crippen LogP) is 2.07. The van der Waals surface area contributed by atoms with Gasteiger partial charge in [0.2, 0.25) is 0 Å². The molecule has 2 rings (SSSR count). The predicted molar refractivity (Wildman–Crippen MR) is 67.2 cm³/mol. The third-order valence-electron chi connectivity index (χ3n) is 2.96. The molecule has 1 aliphatic carbocycles. The van der Waals surface area contributed by atoms with Crippen molar-refractivity contribution in [2.24, 2.45) is 5.92 Å². The number of methoxy groups -OCH3 is 1. The topological polar surface area (TPSA) is 60.4 Å². The molecule has 0 amide bonds. The highest BCUT2D eigenvalue weighted by Gasteiger charge is 2.46. The molecule has 0 radical (unpaired) electrons. The molecule has 18 heavy (non-hydrogen) atoms. The number of benzene rings is 1. The van der Waals surface area contributed by atoms with Crippen molar-refractivity contribution in [1.82, 2.24) is 0 Å². The van der Waals surface area contributed by atoms with Crippen LogP contribution in [0.4, 0.5) is 0 Å². The molecule has 1 saturated carbocycles. The maximum Gasteiger partial charge on any atom is 0.324 e. The minimum absolute atomic E-state index is 0.106. The third kappa shape index (κ3) is 2.52. The van der Waals surface area contributed by atoms with Gasteiger partial charge in [0.1, 0.15) is 0 Å². The summed E-state index contributed by atoms with van der Waals surface area (Å²) >= 11 is 5.72. The SMILES string of the molecule is COC(=O)C(C1CC1)S(=O)(=O)c1ccc(Cl)cc1. The Hall–Kier alpha value is -1.07. The summed E-state index contributed by atoms with van der Waals surface area (Å²) in [5, 5.41) is -0.640. The van der Waals surface area contributed by atoms with Gasteiger partial charge in [-0.2, -0.15) is 0 Å². The maximum atomic E-state index is 12.4. The van der Waals surface area contributed by atoms with Crippen molar-refractivity contribution >= 4 is 27.4 Å². The van der Waals surface area contributed by atoms with Gasteiger partial charge in [-0.15, -0.1) is 0 Å². The molecular formula is C12H13ClO4S. The van der Waals surface area contributed by atoms with E-state index in [1.165, 1.54) is 31.4 Å². The Morgan fingerprint density at radius 3 is 2.33 bits per heavy atom. The standard InChI is InChI=1S/C12H13ClO4S/c1-17-12(14)11(8-2-3-8)18(15,16)10-6-4-9(13)5-7-10/h4-8,11H,2-3H2,1H3. The van der Waals surface area contributed by atoms with Crippen LogP contribution < -0.4 is 0 Å². The van der Waals surface area contributed by atoms with Gasteiger partial charge in [-0.3, -0.25) is 4.79 Å². The molecule has 0 spiro atoms. The van der Waals surface area contributed by atoms with Crippen molar-refractivity contribution in [3.63, 3.8) is 0 Å². The molecule has 1 aromatic rings. The molecule has 0 heterocycles. The van der Waals surface area contributed by atoms with Gasteiger partial charge >= 0.3 is 5.97 Å². The van der Waals surface area contributed by atoms with E-state index in [2.05, 4.69) is 4.74 Å². The third-order valence-corrected chi connectivity index (χ3v) is 5.39. The Labute approximate surface area is 111 Å². The van der Waals surface area contributed by atoms with E-state index in [0.29, 0.717) is 5.02 Å². The molecule has 0 N–H and O–H groups in total. The van der Waals surface area contributed by atoms with E-state index in [1.54, 1.807) is 0 Å². The number of halogens is 1. The number of carbonyl (C=O) groups excluding carboxylic acids is 1. The number of ether oxygens (including phenoxy) is 1. The quantitative estimate of drug-likeness (QED) is 0.796. The first kappa shape index (κ1) is 13.4. The van der Waals surface area contributed by atoms with Crippen LogP contribution >= 0.6 is 11.6 Å². The van der Waals surface area contributed by atoms with Gasteiger partial charge < -0.3 is 4.74 Å². The second-order valence-electron chi connectivity index (χ2n) is 4.28. The zero-order valence-corrected chi connectivity index (χ0v) is 11.4. The summed E-state index contributed by atoms with van der Waals surface area (Å²) in [6.07, 6.45) is 1.49. The lowest BCUT2D eigenvalue weighted by atomic mass is 10.3. The normalized spacial score (nSPS) is 17.2. The Bertz CT molecular complexity index is 546. The van der Waals surface area contributed by atoms with Crippen molar-refractivity contribution in [3.8, 4) is 0 Å². The lowest BCUT2D eigenvalue weighted by Crippen LogP contribution is -2.33. The first-order valence-corrected chi connectivity index (χ1v) is 7.46. The van der Waals surface area contributed by atoms with Crippen LogP contribution in [0, 0.1) is 5.92 Å². The molecule has 6 heteroatoms. The molecule has 1 aliphatic rings. The van der Waals surface area contributed by atoms with Crippen LogP contribution in [-0.4, -0.2) is 26.7 Å². The Balaban J connectivity index is 2.39. The number of sulfone groups is 1. The summed E-state index contributed by atoms with van der Waals surface area (Å²) in [4.78, 5) is 11.8. The summed E-state index contributed by atoms with van der Waals surface area (Å²) in [7, 11) is -2.50. The van der Waals surface area contributed by atoms with E-state index in [1.807, 2.05) is 0 Å². The smallest absolute Gasteiger partial charge is 0.324 e. The Morgan fingerprint density at radius 2 is 1.89 bits per heavy atom. The van der Waals surface area contributed by atoms with Gasteiger partial charge in [-0.25, -0.2) is 8.42 Å². The highest BCUT2D eigenvalue weighted by Crippen LogP contribution is 2.39. The summed E-state index contributed by atoms with van der Waals surface area (Å²) < 4.78 is 29.4. The van der Waals surface area contributed by atoms with Crippen LogP contribution in [0.3, 0.4) is 0 Å². The summed E-state index contributed by atoms with van der Waals surface area (Å²) in [6, 6.07) is 5.82. The lowest BCUT2D eigenvalue weighted by Gasteiger charge is -2.14. The number of esters is 1. The van der Waals surface area contributed by atoms with Gasteiger partial charge in [-0.05, 0) is 43.0 Å². The van der Waals surface area contributed by atoms with Crippen molar-refractivity contribution in [2.45, 2.75) is 23.0 Å². The minimum atomic E-state index is -3.70. The van der Waals surface area contributed by atoms with Gasteiger partial charge in [0.15, 0.2) is 15.1 Å². The maximum absolute atomic E-state index is 12.4. The van der Waals surface area contributed by atoms with E-state index >= 15 is 0 Å². The summed E-state index contributed by atoms with van der Waals surface area (Å²) in [5.41, 5.74) is 0. The number of carbonyl (C=O) groups is 1. The lowest BCUT2D eigenvalue weighted by molar-refractivity contribution is -0.140. The first-order valence-electron chi connectivity index (χ1n) is 5.54. The van der Waals surface area contributed by atoms with Crippen LogP contribution in [0.2, 0.25) is 5.02 Å². The molecule has 0 bridgehead atoms. The molecule has 1 fully saturated rings. The number of hydrogen-bond acceptors (Lipinski definition) is 4. The van der Waals surface area contributed by atoms with E-state index < -0.39 is 21.1 Å². The molecule has 1 atom stereocenters. The largest absolute Gasteiger partial charge is 0.468 e. The van der Waals surface area contributed by atoms with Crippen LogP contribution in [0.15, 0.2) is 29.2 Å². The molecule has 1 unspecified atom stereocenters. The second kappa shape index (κ2) is 4.90. The zero-order chi connectivity index (χ0) is 13.3. The van der Waals surface area contributed by atoms with Crippen LogP contribution in [0.5, 0.6) is 0 Å². The molecular weight excluding hydrogens is 276 g/mol. The van der Waals surface area contributed by atoms with E-state index in [-0.39, 0.29) is 10.8 Å². The van der Waals surface area contributed by atoms with Crippen molar-refractivity contribution in [1.29, 1.82) is 0 Å². The fourth-order valence-corrected chi connectivity index (χ4v) is 3.92. The fourth-order valence-electron chi connectivity index (χ4n) is 1.86. The molecule has 98 valence electrons. The zero-order valence-electron chi connectivity index (χ0n) is 9.80. The van der Waals surface area contributed by atoms with Crippen molar-refractivity contribution in [3.05, 3.63) is 29.3 Å². The second-order valence-corrected chi connectivity index (χ2v) is 6.79. The van der Waals surface area contributed by atoms with Gasteiger partial charge in [-0.1, -0.05) is 11.6 Å². The average Bonchev–Trinajstić information content (AvgIpc) is 3.13. The summed E-state index contributed by atoms with van der Waals surface area (Å²) in [6.45, 7) is 0. The fraction of sp³-hybridized carbons (Fsp3) is 0.417. The monoisotopic (exact) mass is 288 g/mol. The average molecular weight is 289 g/mol. The van der Waals surface area contributed by atoms with Crippen molar-refractivity contribution < 1.29 is 17.9 Å². The van der Waals surface area contributed by atoms with E-state index in [9.17, 15) is 13.2 Å². The highest BCUT2D eigenvalue weighted by atomic mass is 35.5. The minimum Gasteiger partial charge on any atom is -0.468 e. The van der Waals surface area contributed by atoms with Gasteiger partial charge in [0, 0.05) is 5.02 Å². The Morgan fingerprint density at radius 1 is 1.33 bits per heavy atom. The summed E-state index contributed by atoms with van der Waals surface area (Å²) in [5.74, 6) is -0.814. The Kier molecular flexibility index (Phi) is 3.64. The number of hydrogen-bond donors (Lipinski definition) is 0. The number of rotatable bonds is 4. The highest BCUT2D eigenvalue weighted by molar-refractivity contribution is 7.92. The molecule has 0 aliphatic heterocycles. The van der Waals surface area contributed by atoms with Gasteiger partial charge in [0.25, 0.3) is 0 Å². The molecule has 1 aromatic carbocycles. The van der Waals surface area contributed by atoms with Crippen LogP contribution in [0.1, 0.15) is 12.8 Å². The molecule has 4 nitrogen and oxygen atoms in total.